The lowest BCUT2D eigenvalue weighted by Gasteiger charge is -2.16. The molecule has 0 spiro atoms. The predicted molar refractivity (Wildman–Crippen MR) is 106 cm³/mol. The van der Waals surface area contributed by atoms with Crippen LogP contribution in [0.4, 0.5) is 0 Å². The maximum absolute atomic E-state index is 12.4. The number of carbonyl (C=O) groups excluding carboxylic acids is 2. The van der Waals surface area contributed by atoms with Crippen LogP contribution in [0.2, 0.25) is 0 Å². The van der Waals surface area contributed by atoms with Crippen molar-refractivity contribution in [3.8, 4) is 16.2 Å². The zero-order chi connectivity index (χ0) is 19.5. The predicted octanol–water partition coefficient (Wildman–Crippen LogP) is 2.97. The van der Waals surface area contributed by atoms with Gasteiger partial charge < -0.3 is 19.5 Å². The van der Waals surface area contributed by atoms with Gasteiger partial charge in [0, 0.05) is 18.0 Å². The lowest BCUT2D eigenvalue weighted by atomic mass is 9.91. The number of fused-ring (bicyclic) bond motifs is 3. The summed E-state index contributed by atoms with van der Waals surface area (Å²) in [5.41, 5.74) is 3.51. The Labute approximate surface area is 167 Å². The van der Waals surface area contributed by atoms with Crippen LogP contribution in [0.25, 0.3) is 10.4 Å². The fourth-order valence-corrected chi connectivity index (χ4v) is 4.79. The molecule has 1 atom stereocenters. The van der Waals surface area contributed by atoms with E-state index in [-0.39, 0.29) is 18.6 Å². The first-order chi connectivity index (χ1) is 13.6. The average molecular weight is 401 g/mol. The molecule has 2 aromatic rings. The number of methoxy groups -OCH3 is 1. The van der Waals surface area contributed by atoms with Gasteiger partial charge in [0.25, 0.3) is 5.91 Å². The number of ether oxygens (including phenoxy) is 3. The van der Waals surface area contributed by atoms with Crippen molar-refractivity contribution >= 4 is 23.2 Å². The van der Waals surface area contributed by atoms with E-state index in [1.165, 1.54) is 16.9 Å². The average Bonchev–Trinajstić information content (AvgIpc) is 3.39. The molecule has 6 nitrogen and oxygen atoms in total. The van der Waals surface area contributed by atoms with E-state index in [9.17, 15) is 9.59 Å². The van der Waals surface area contributed by atoms with Gasteiger partial charge >= 0.3 is 5.97 Å². The number of esters is 1. The molecule has 1 aromatic heterocycles. The summed E-state index contributed by atoms with van der Waals surface area (Å²) in [6.07, 6.45) is 3.84. The third kappa shape index (κ3) is 4.05. The highest BCUT2D eigenvalue weighted by Gasteiger charge is 2.23. The minimum absolute atomic E-state index is 0.0716. The van der Waals surface area contributed by atoms with Crippen LogP contribution in [0.1, 0.15) is 33.6 Å². The number of hydrogen-bond donors (Lipinski definition) is 1. The standard InChI is InChI=1S/C21H23NO5S/c1-25-15-6-7-17-13(9-15)4-5-14-10-18(28-20(14)17)21(24)27-12-19(23)22-11-16-3-2-8-26-16/h6-7,9-10,16H,2-5,8,11-12H2,1H3,(H,22,23). The maximum atomic E-state index is 12.4. The minimum Gasteiger partial charge on any atom is -0.497 e. The number of hydrogen-bond acceptors (Lipinski definition) is 6. The second-order valence-electron chi connectivity index (χ2n) is 7.00. The van der Waals surface area contributed by atoms with Crippen molar-refractivity contribution in [2.75, 3.05) is 26.9 Å². The van der Waals surface area contributed by atoms with Gasteiger partial charge in [0.2, 0.25) is 0 Å². The van der Waals surface area contributed by atoms with Crippen LogP contribution in [0.3, 0.4) is 0 Å². The van der Waals surface area contributed by atoms with Gasteiger partial charge in [-0.25, -0.2) is 4.79 Å². The molecule has 1 amide bonds. The molecule has 1 fully saturated rings. The Morgan fingerprint density at radius 3 is 2.89 bits per heavy atom. The number of aryl methyl sites for hydroxylation is 2. The van der Waals surface area contributed by atoms with Gasteiger partial charge in [-0.15, -0.1) is 11.3 Å². The zero-order valence-electron chi connectivity index (χ0n) is 15.8. The Balaban J connectivity index is 1.37. The third-order valence-corrected chi connectivity index (χ3v) is 6.31. The molecule has 0 saturated carbocycles. The third-order valence-electron chi connectivity index (χ3n) is 5.12. The molecule has 0 bridgehead atoms. The molecule has 4 rings (SSSR count). The molecular formula is C21H23NO5S. The largest absolute Gasteiger partial charge is 0.497 e. The van der Waals surface area contributed by atoms with Gasteiger partial charge in [-0.2, -0.15) is 0 Å². The normalized spacial score (nSPS) is 17.5. The van der Waals surface area contributed by atoms with E-state index in [4.69, 9.17) is 14.2 Å². The summed E-state index contributed by atoms with van der Waals surface area (Å²) in [6, 6.07) is 7.91. The number of rotatable bonds is 6. The van der Waals surface area contributed by atoms with Crippen LogP contribution in [-0.2, 0) is 27.1 Å². The summed E-state index contributed by atoms with van der Waals surface area (Å²) < 4.78 is 16.0. The molecular weight excluding hydrogens is 378 g/mol. The Kier molecular flexibility index (Phi) is 5.64. The van der Waals surface area contributed by atoms with Crippen LogP contribution in [-0.4, -0.2) is 44.8 Å². The number of nitrogens with one attached hydrogen (secondary N) is 1. The number of amides is 1. The minimum atomic E-state index is -0.457. The van der Waals surface area contributed by atoms with E-state index in [1.54, 1.807) is 7.11 Å². The van der Waals surface area contributed by atoms with E-state index in [2.05, 4.69) is 5.32 Å². The Morgan fingerprint density at radius 2 is 2.11 bits per heavy atom. The lowest BCUT2D eigenvalue weighted by Crippen LogP contribution is -2.34. The zero-order valence-corrected chi connectivity index (χ0v) is 16.6. The van der Waals surface area contributed by atoms with Crippen LogP contribution in [0.15, 0.2) is 24.3 Å². The first-order valence-corrected chi connectivity index (χ1v) is 10.3. The molecule has 148 valence electrons. The van der Waals surface area contributed by atoms with Crippen LogP contribution in [0, 0.1) is 0 Å². The van der Waals surface area contributed by atoms with Gasteiger partial charge in [0.1, 0.15) is 10.6 Å². The molecule has 0 radical (unpaired) electrons. The van der Waals surface area contributed by atoms with Gasteiger partial charge in [0.15, 0.2) is 6.61 Å². The first-order valence-electron chi connectivity index (χ1n) is 9.49. The Hall–Kier alpha value is -2.38. The van der Waals surface area contributed by atoms with Gasteiger partial charge in [0.05, 0.1) is 13.2 Å². The molecule has 1 saturated heterocycles. The quantitative estimate of drug-likeness (QED) is 0.754. The van der Waals surface area contributed by atoms with E-state index < -0.39 is 5.97 Å². The Morgan fingerprint density at radius 1 is 1.25 bits per heavy atom. The van der Waals surface area contributed by atoms with Gasteiger partial charge in [-0.3, -0.25) is 4.79 Å². The molecule has 2 aliphatic rings. The summed E-state index contributed by atoms with van der Waals surface area (Å²) in [4.78, 5) is 25.9. The molecule has 1 aromatic carbocycles. The van der Waals surface area contributed by atoms with Crippen molar-refractivity contribution in [2.24, 2.45) is 0 Å². The molecule has 7 heteroatoms. The monoisotopic (exact) mass is 401 g/mol. The summed E-state index contributed by atoms with van der Waals surface area (Å²) >= 11 is 1.42. The van der Waals surface area contributed by atoms with Crippen molar-refractivity contribution in [1.29, 1.82) is 0 Å². The summed E-state index contributed by atoms with van der Waals surface area (Å²) in [5, 5.41) is 2.75. The summed E-state index contributed by atoms with van der Waals surface area (Å²) in [7, 11) is 1.66. The van der Waals surface area contributed by atoms with Crippen LogP contribution in [0.5, 0.6) is 5.75 Å². The summed E-state index contributed by atoms with van der Waals surface area (Å²) in [5.74, 6) is 0.0803. The van der Waals surface area contributed by atoms with Gasteiger partial charge in [-0.05, 0) is 66.6 Å². The SMILES string of the molecule is COc1ccc2c(c1)CCc1cc(C(=O)OCC(=O)NCC3CCCO3)sc1-2. The van der Waals surface area contributed by atoms with E-state index in [0.717, 1.165) is 54.0 Å². The fraction of sp³-hybridized carbons (Fsp3) is 0.429. The smallest absolute Gasteiger partial charge is 0.348 e. The molecule has 1 aliphatic carbocycles. The van der Waals surface area contributed by atoms with Crippen molar-refractivity contribution in [3.63, 3.8) is 0 Å². The first kappa shape index (κ1) is 19.0. The highest BCUT2D eigenvalue weighted by atomic mass is 32.1. The number of benzene rings is 1. The molecule has 1 unspecified atom stereocenters. The molecule has 1 N–H and O–H groups in total. The highest BCUT2D eigenvalue weighted by Crippen LogP contribution is 2.40. The molecule has 1 aliphatic heterocycles. The van der Waals surface area contributed by atoms with Gasteiger partial charge in [-0.1, -0.05) is 0 Å². The number of carbonyl (C=O) groups is 2. The topological polar surface area (TPSA) is 73.9 Å². The maximum Gasteiger partial charge on any atom is 0.348 e. The molecule has 28 heavy (non-hydrogen) atoms. The van der Waals surface area contributed by atoms with E-state index >= 15 is 0 Å². The molecule has 2 heterocycles. The lowest BCUT2D eigenvalue weighted by molar-refractivity contribution is -0.124. The van der Waals surface area contributed by atoms with Crippen LogP contribution < -0.4 is 10.1 Å². The fourth-order valence-electron chi connectivity index (χ4n) is 3.62. The second-order valence-corrected chi connectivity index (χ2v) is 8.06. The van der Waals surface area contributed by atoms with Crippen molar-refractivity contribution < 1.29 is 23.8 Å². The number of thiophene rings is 1. The van der Waals surface area contributed by atoms with Crippen molar-refractivity contribution in [2.45, 2.75) is 31.8 Å². The van der Waals surface area contributed by atoms with Crippen molar-refractivity contribution in [3.05, 3.63) is 40.3 Å². The second kappa shape index (κ2) is 8.32. The Bertz CT molecular complexity index is 885. The summed E-state index contributed by atoms with van der Waals surface area (Å²) in [6.45, 7) is 0.931. The highest BCUT2D eigenvalue weighted by molar-refractivity contribution is 7.17. The van der Waals surface area contributed by atoms with E-state index in [0.29, 0.717) is 11.4 Å². The van der Waals surface area contributed by atoms with Crippen molar-refractivity contribution in [1.82, 2.24) is 5.32 Å². The van der Waals surface area contributed by atoms with E-state index in [1.807, 2.05) is 24.3 Å². The van der Waals surface area contributed by atoms with Crippen LogP contribution >= 0.6 is 11.3 Å².